The number of carbonyl (C=O) groups is 2. The third-order valence-corrected chi connectivity index (χ3v) is 5.39. The second kappa shape index (κ2) is 7.17. The lowest BCUT2D eigenvalue weighted by molar-refractivity contribution is -0.139. The van der Waals surface area contributed by atoms with Crippen LogP contribution in [0.15, 0.2) is 40.0 Å². The molecule has 0 saturated carbocycles. The van der Waals surface area contributed by atoms with Crippen molar-refractivity contribution in [2.45, 2.75) is 13.1 Å². The van der Waals surface area contributed by atoms with Crippen molar-refractivity contribution in [3.05, 3.63) is 47.0 Å². The van der Waals surface area contributed by atoms with E-state index in [1.807, 2.05) is 0 Å². The zero-order valence-corrected chi connectivity index (χ0v) is 16.3. The van der Waals surface area contributed by atoms with E-state index in [1.54, 1.807) is 13.0 Å². The van der Waals surface area contributed by atoms with E-state index in [1.165, 1.54) is 18.6 Å². The number of halogens is 3. The Bertz CT molecular complexity index is 1230. The summed E-state index contributed by atoms with van der Waals surface area (Å²) in [5.74, 6) is -0.777. The lowest BCUT2D eigenvalue weighted by atomic mass is 10.1. The predicted molar refractivity (Wildman–Crippen MR) is 103 cm³/mol. The average molecular weight is 435 g/mol. The molecule has 0 atom stereocenters. The Morgan fingerprint density at radius 2 is 1.97 bits per heavy atom. The van der Waals surface area contributed by atoms with Crippen LogP contribution in [0.25, 0.3) is 27.7 Å². The molecular weight excluding hydrogens is 423 g/mol. The van der Waals surface area contributed by atoms with Gasteiger partial charge in [-0.2, -0.15) is 13.2 Å². The van der Waals surface area contributed by atoms with Gasteiger partial charge in [-0.25, -0.2) is 4.98 Å². The summed E-state index contributed by atoms with van der Waals surface area (Å²) in [6.07, 6.45) is -0.581. The maximum Gasteiger partial charge on any atom is 0.421 e. The highest BCUT2D eigenvalue weighted by Crippen LogP contribution is 2.40. The van der Waals surface area contributed by atoms with Crippen LogP contribution in [-0.4, -0.2) is 28.2 Å². The van der Waals surface area contributed by atoms with Gasteiger partial charge in [-0.15, -0.1) is 0 Å². The summed E-state index contributed by atoms with van der Waals surface area (Å²) in [5, 5.41) is 2.19. The van der Waals surface area contributed by atoms with Crippen LogP contribution < -0.4 is 10.1 Å². The number of rotatable bonds is 3. The fourth-order valence-corrected chi connectivity index (χ4v) is 3.72. The molecule has 7 nitrogen and oxygen atoms in total. The van der Waals surface area contributed by atoms with Gasteiger partial charge in [0.2, 0.25) is 5.88 Å². The fourth-order valence-electron chi connectivity index (χ4n) is 2.99. The topological polar surface area (TPSA) is 94.3 Å². The van der Waals surface area contributed by atoms with Crippen LogP contribution >= 0.6 is 11.8 Å². The van der Waals surface area contributed by atoms with E-state index in [0.717, 1.165) is 24.9 Å². The molecule has 1 aliphatic rings. The van der Waals surface area contributed by atoms with Crippen molar-refractivity contribution < 1.29 is 31.9 Å². The van der Waals surface area contributed by atoms with Gasteiger partial charge in [0.05, 0.1) is 12.0 Å². The molecule has 154 valence electrons. The summed E-state index contributed by atoms with van der Waals surface area (Å²) in [6.45, 7) is 1.61. The van der Waals surface area contributed by atoms with Crippen molar-refractivity contribution in [3.63, 3.8) is 0 Å². The molecule has 0 aromatic carbocycles. The Balaban J connectivity index is 1.86. The van der Waals surface area contributed by atoms with Gasteiger partial charge >= 0.3 is 6.18 Å². The van der Waals surface area contributed by atoms with Crippen molar-refractivity contribution >= 4 is 39.5 Å². The zero-order chi connectivity index (χ0) is 21.6. The van der Waals surface area contributed by atoms with E-state index in [4.69, 9.17) is 9.15 Å². The first-order chi connectivity index (χ1) is 14.2. The minimum absolute atomic E-state index is 0.135. The van der Waals surface area contributed by atoms with Crippen molar-refractivity contribution in [2.24, 2.45) is 0 Å². The Labute approximate surface area is 171 Å². The van der Waals surface area contributed by atoms with Crippen LogP contribution in [-0.2, 0) is 11.0 Å². The number of amides is 2. The molecule has 0 spiro atoms. The number of aromatic nitrogens is 2. The van der Waals surface area contributed by atoms with Crippen molar-refractivity contribution in [2.75, 3.05) is 7.11 Å². The molecule has 0 radical (unpaired) electrons. The number of imide groups is 1. The maximum absolute atomic E-state index is 13.4. The first kappa shape index (κ1) is 20.0. The Morgan fingerprint density at radius 1 is 1.20 bits per heavy atom. The number of pyridine rings is 2. The van der Waals surface area contributed by atoms with Gasteiger partial charge in [0.25, 0.3) is 11.1 Å². The predicted octanol–water partition coefficient (Wildman–Crippen LogP) is 4.63. The summed E-state index contributed by atoms with van der Waals surface area (Å²) in [4.78, 5) is 31.3. The number of hydrogen-bond donors (Lipinski definition) is 1. The number of nitrogens with one attached hydrogen (secondary N) is 1. The number of fused-ring (bicyclic) bond motifs is 1. The zero-order valence-electron chi connectivity index (χ0n) is 15.5. The van der Waals surface area contributed by atoms with E-state index < -0.39 is 28.8 Å². The van der Waals surface area contributed by atoms with Gasteiger partial charge in [-0.05, 0) is 30.8 Å². The highest BCUT2D eigenvalue weighted by Gasteiger charge is 2.36. The van der Waals surface area contributed by atoms with Gasteiger partial charge in [-0.3, -0.25) is 19.9 Å². The third-order valence-electron chi connectivity index (χ3n) is 4.41. The summed E-state index contributed by atoms with van der Waals surface area (Å²) >= 11 is 0.751. The number of ether oxygens (including phenoxy) is 1. The van der Waals surface area contributed by atoms with E-state index >= 15 is 0 Å². The average Bonchev–Trinajstić information content (AvgIpc) is 3.28. The number of hydrogen-bond acceptors (Lipinski definition) is 7. The Kier molecular flexibility index (Phi) is 4.77. The molecule has 30 heavy (non-hydrogen) atoms. The molecule has 3 aromatic heterocycles. The largest absolute Gasteiger partial charge is 0.481 e. The van der Waals surface area contributed by atoms with Crippen LogP contribution in [0.4, 0.5) is 18.0 Å². The molecule has 2 amide bonds. The van der Waals surface area contributed by atoms with Crippen molar-refractivity contribution in [1.82, 2.24) is 15.3 Å². The Morgan fingerprint density at radius 3 is 2.60 bits per heavy atom. The summed E-state index contributed by atoms with van der Waals surface area (Å²) in [5.41, 5.74) is 0.0960. The lowest BCUT2D eigenvalue weighted by Crippen LogP contribution is -2.18. The molecular formula is C19H12F3N3O4S. The highest BCUT2D eigenvalue weighted by atomic mass is 32.2. The summed E-state index contributed by atoms with van der Waals surface area (Å²) < 4.78 is 50.7. The molecule has 1 aliphatic heterocycles. The number of alkyl halides is 3. The minimum atomic E-state index is -4.66. The molecule has 4 heterocycles. The molecule has 1 N–H and O–H groups in total. The number of thioether (sulfide) groups is 1. The van der Waals surface area contributed by atoms with Gasteiger partial charge in [-0.1, -0.05) is 0 Å². The number of allylic oxidation sites excluding steroid dienone is 1. The van der Waals surface area contributed by atoms with Crippen molar-refractivity contribution in [3.8, 4) is 17.0 Å². The molecule has 4 rings (SSSR count). The molecule has 0 aliphatic carbocycles. The molecule has 1 fully saturated rings. The van der Waals surface area contributed by atoms with E-state index in [2.05, 4.69) is 15.3 Å². The number of nitrogens with zero attached hydrogens (tertiary/aromatic N) is 2. The normalized spacial score (nSPS) is 16.2. The van der Waals surface area contributed by atoms with Gasteiger partial charge in [0, 0.05) is 40.7 Å². The molecule has 11 heteroatoms. The number of carbonyl (C=O) groups excluding carboxylic acids is 2. The molecule has 0 unspecified atom stereocenters. The fraction of sp³-hybridized carbons (Fsp3) is 0.158. The second-order valence-electron chi connectivity index (χ2n) is 6.29. The molecule has 3 aromatic rings. The SMILES string of the molecule is COc1ncc(-c2cncc3cc(/C(C)=C4\SC(=O)NC4=O)oc23)cc1C(F)(F)F. The van der Waals surface area contributed by atoms with Crippen LogP contribution in [0.2, 0.25) is 0 Å². The third kappa shape index (κ3) is 3.41. The van der Waals surface area contributed by atoms with Crippen LogP contribution in [0, 0.1) is 0 Å². The highest BCUT2D eigenvalue weighted by molar-refractivity contribution is 8.18. The molecule has 1 saturated heterocycles. The van der Waals surface area contributed by atoms with Gasteiger partial charge < -0.3 is 9.15 Å². The van der Waals surface area contributed by atoms with E-state index in [-0.39, 0.29) is 21.6 Å². The summed E-state index contributed by atoms with van der Waals surface area (Å²) in [6, 6.07) is 2.52. The first-order valence-corrected chi connectivity index (χ1v) is 9.24. The van der Waals surface area contributed by atoms with Crippen LogP contribution in [0.5, 0.6) is 5.88 Å². The number of furan rings is 1. The van der Waals surface area contributed by atoms with E-state index in [0.29, 0.717) is 16.7 Å². The van der Waals surface area contributed by atoms with Gasteiger partial charge in [0.1, 0.15) is 16.9 Å². The summed E-state index contributed by atoms with van der Waals surface area (Å²) in [7, 11) is 1.11. The monoisotopic (exact) mass is 435 g/mol. The van der Waals surface area contributed by atoms with E-state index in [9.17, 15) is 22.8 Å². The number of methoxy groups -OCH3 is 1. The lowest BCUT2D eigenvalue weighted by Gasteiger charge is -2.12. The maximum atomic E-state index is 13.4. The first-order valence-electron chi connectivity index (χ1n) is 8.42. The quantitative estimate of drug-likeness (QED) is 0.600. The standard InChI is InChI=1S/C19H12F3N3O4S/c1-8(15-16(26)25-18(27)30-15)13-4-10-5-23-7-11(14(10)29-13)9-3-12(19(20,21)22)17(28-2)24-6-9/h3-7H,1-2H3,(H,25,26,27)/b15-8-. The van der Waals surface area contributed by atoms with Crippen LogP contribution in [0.1, 0.15) is 18.2 Å². The minimum Gasteiger partial charge on any atom is -0.481 e. The molecule has 0 bridgehead atoms. The van der Waals surface area contributed by atoms with Crippen molar-refractivity contribution in [1.29, 1.82) is 0 Å². The second-order valence-corrected chi connectivity index (χ2v) is 7.28. The van der Waals surface area contributed by atoms with Crippen LogP contribution in [0.3, 0.4) is 0 Å². The smallest absolute Gasteiger partial charge is 0.421 e. The van der Waals surface area contributed by atoms with Gasteiger partial charge in [0.15, 0.2) is 0 Å². The Hall–Kier alpha value is -3.34.